The zero-order chi connectivity index (χ0) is 19.1. The molecule has 0 radical (unpaired) electrons. The lowest BCUT2D eigenvalue weighted by molar-refractivity contribution is 0.300. The number of nitrogens with zero attached hydrogens (tertiary/aromatic N) is 4. The van der Waals surface area contributed by atoms with Crippen LogP contribution in [0.3, 0.4) is 0 Å². The largest absolute Gasteiger partial charge is 0.487 e. The first-order valence-electron chi connectivity index (χ1n) is 9.41. The molecular formula is C22H20N4O2. The lowest BCUT2D eigenvalue weighted by atomic mass is 10.2. The van der Waals surface area contributed by atoms with Crippen LogP contribution in [0.25, 0.3) is 16.7 Å². The van der Waals surface area contributed by atoms with Crippen molar-refractivity contribution in [3.63, 3.8) is 0 Å². The lowest BCUT2D eigenvalue weighted by Crippen LogP contribution is -2.16. The highest BCUT2D eigenvalue weighted by Crippen LogP contribution is 2.40. The maximum atomic E-state index is 12.6. The van der Waals surface area contributed by atoms with Gasteiger partial charge in [0.2, 0.25) is 0 Å². The molecule has 0 aliphatic heterocycles. The van der Waals surface area contributed by atoms with Gasteiger partial charge in [-0.15, -0.1) is 0 Å². The molecular weight excluding hydrogens is 352 g/mol. The van der Waals surface area contributed by atoms with E-state index in [1.807, 2.05) is 43.4 Å². The van der Waals surface area contributed by atoms with Crippen LogP contribution in [0.5, 0.6) is 5.75 Å². The van der Waals surface area contributed by atoms with Crippen LogP contribution in [0.4, 0.5) is 0 Å². The fourth-order valence-electron chi connectivity index (χ4n) is 3.46. The number of hydrogen-bond acceptors (Lipinski definition) is 4. The predicted octanol–water partition coefficient (Wildman–Crippen LogP) is 3.58. The molecule has 1 aromatic carbocycles. The summed E-state index contributed by atoms with van der Waals surface area (Å²) in [5, 5.41) is 0. The number of imidazole rings is 1. The number of fused-ring (bicyclic) bond motifs is 1. The summed E-state index contributed by atoms with van der Waals surface area (Å²) >= 11 is 0. The summed E-state index contributed by atoms with van der Waals surface area (Å²) in [4.78, 5) is 21.6. The summed E-state index contributed by atoms with van der Waals surface area (Å²) in [6.07, 6.45) is 5.89. The van der Waals surface area contributed by atoms with E-state index >= 15 is 0 Å². The summed E-state index contributed by atoms with van der Waals surface area (Å²) in [5.74, 6) is 2.25. The zero-order valence-corrected chi connectivity index (χ0v) is 15.6. The van der Waals surface area contributed by atoms with Crippen molar-refractivity contribution in [1.29, 1.82) is 0 Å². The molecule has 1 aliphatic rings. The van der Waals surface area contributed by atoms with Crippen LogP contribution in [0.15, 0.2) is 65.7 Å². The van der Waals surface area contributed by atoms with Crippen LogP contribution in [0.1, 0.15) is 30.3 Å². The van der Waals surface area contributed by atoms with Crippen LogP contribution in [-0.2, 0) is 13.7 Å². The fraction of sp³-hybridized carbons (Fsp3) is 0.227. The first-order chi connectivity index (χ1) is 13.7. The van der Waals surface area contributed by atoms with Gasteiger partial charge in [0, 0.05) is 31.4 Å². The number of rotatable bonds is 5. The molecule has 4 aromatic rings. The predicted molar refractivity (Wildman–Crippen MR) is 107 cm³/mol. The Morgan fingerprint density at radius 1 is 1.14 bits per heavy atom. The quantitative estimate of drug-likeness (QED) is 0.537. The minimum atomic E-state index is -0.137. The van der Waals surface area contributed by atoms with Crippen molar-refractivity contribution in [1.82, 2.24) is 19.1 Å². The number of benzene rings is 1. The van der Waals surface area contributed by atoms with Gasteiger partial charge in [-0.2, -0.15) is 0 Å². The molecule has 6 heteroatoms. The highest BCUT2D eigenvalue weighted by Gasteiger charge is 2.28. The van der Waals surface area contributed by atoms with Crippen LogP contribution < -0.4 is 10.3 Å². The molecule has 3 heterocycles. The summed E-state index contributed by atoms with van der Waals surface area (Å²) < 4.78 is 9.47. The SMILES string of the molecule is Cn1c(C2CC2)nc2ccc(-n3ccc(OCc4ccccn4)cc3=O)cc21. The average Bonchev–Trinajstić information content (AvgIpc) is 3.51. The Hall–Kier alpha value is -3.41. The van der Waals surface area contributed by atoms with E-state index in [1.54, 1.807) is 23.0 Å². The summed E-state index contributed by atoms with van der Waals surface area (Å²) in [5.41, 5.74) is 3.51. The first kappa shape index (κ1) is 16.7. The molecule has 6 nitrogen and oxygen atoms in total. The van der Waals surface area contributed by atoms with Crippen molar-refractivity contribution in [3.8, 4) is 11.4 Å². The highest BCUT2D eigenvalue weighted by molar-refractivity contribution is 5.78. The Morgan fingerprint density at radius 2 is 2.04 bits per heavy atom. The monoisotopic (exact) mass is 372 g/mol. The Balaban J connectivity index is 1.43. The van der Waals surface area contributed by atoms with Crippen LogP contribution in [0.2, 0.25) is 0 Å². The van der Waals surface area contributed by atoms with E-state index in [0.29, 0.717) is 18.3 Å². The van der Waals surface area contributed by atoms with Crippen molar-refractivity contribution in [2.24, 2.45) is 7.05 Å². The lowest BCUT2D eigenvalue weighted by Gasteiger charge is -2.09. The Morgan fingerprint density at radius 3 is 2.79 bits per heavy atom. The molecule has 3 aromatic heterocycles. The standard InChI is InChI=1S/C22H20N4O2/c1-25-20-12-17(7-8-19(20)24-22(25)15-5-6-15)26-11-9-18(13-21(26)27)28-14-16-4-2-3-10-23-16/h2-4,7-13,15H,5-6,14H2,1H3. The second-order valence-corrected chi connectivity index (χ2v) is 7.16. The van der Waals surface area contributed by atoms with Gasteiger partial charge in [-0.3, -0.25) is 14.3 Å². The van der Waals surface area contributed by atoms with E-state index in [1.165, 1.54) is 18.9 Å². The third kappa shape index (κ3) is 3.07. The molecule has 0 unspecified atom stereocenters. The van der Waals surface area contributed by atoms with Crippen molar-refractivity contribution in [2.45, 2.75) is 25.4 Å². The van der Waals surface area contributed by atoms with Crippen molar-refractivity contribution >= 4 is 11.0 Å². The van der Waals surface area contributed by atoms with Crippen molar-refractivity contribution < 1.29 is 4.74 Å². The molecule has 1 aliphatic carbocycles. The fourth-order valence-corrected chi connectivity index (χ4v) is 3.46. The number of hydrogen-bond donors (Lipinski definition) is 0. The third-order valence-electron chi connectivity index (χ3n) is 5.12. The molecule has 0 bridgehead atoms. The van der Waals surface area contributed by atoms with Crippen molar-refractivity contribution in [3.05, 3.63) is 82.8 Å². The molecule has 0 atom stereocenters. The third-order valence-corrected chi connectivity index (χ3v) is 5.12. The number of aromatic nitrogens is 4. The van der Waals surface area contributed by atoms with Gasteiger partial charge in [0.15, 0.2) is 0 Å². The van der Waals surface area contributed by atoms with Gasteiger partial charge in [-0.05, 0) is 49.2 Å². The zero-order valence-electron chi connectivity index (χ0n) is 15.6. The Labute approximate surface area is 162 Å². The van der Waals surface area contributed by atoms with Crippen molar-refractivity contribution in [2.75, 3.05) is 0 Å². The van der Waals surface area contributed by atoms with Gasteiger partial charge in [-0.25, -0.2) is 4.98 Å². The van der Waals surface area contributed by atoms with E-state index < -0.39 is 0 Å². The van der Waals surface area contributed by atoms with E-state index in [9.17, 15) is 4.79 Å². The number of pyridine rings is 2. The second-order valence-electron chi connectivity index (χ2n) is 7.16. The second kappa shape index (κ2) is 6.64. The van der Waals surface area contributed by atoms with Gasteiger partial charge < -0.3 is 9.30 Å². The van der Waals surface area contributed by atoms with Gasteiger partial charge in [0.05, 0.1) is 22.4 Å². The highest BCUT2D eigenvalue weighted by atomic mass is 16.5. The Kier molecular flexibility index (Phi) is 3.97. The normalized spacial score (nSPS) is 13.8. The Bertz CT molecular complexity index is 1210. The minimum Gasteiger partial charge on any atom is -0.487 e. The molecule has 0 N–H and O–H groups in total. The number of ether oxygens (including phenoxy) is 1. The van der Waals surface area contributed by atoms with Crippen LogP contribution >= 0.6 is 0 Å². The van der Waals surface area contributed by atoms with Gasteiger partial charge in [0.1, 0.15) is 18.2 Å². The van der Waals surface area contributed by atoms with Crippen LogP contribution in [0, 0.1) is 0 Å². The van der Waals surface area contributed by atoms with Gasteiger partial charge >= 0.3 is 0 Å². The van der Waals surface area contributed by atoms with E-state index in [-0.39, 0.29) is 5.56 Å². The average molecular weight is 372 g/mol. The smallest absolute Gasteiger partial charge is 0.258 e. The summed E-state index contributed by atoms with van der Waals surface area (Å²) in [6, 6.07) is 14.9. The topological polar surface area (TPSA) is 61.9 Å². The van der Waals surface area contributed by atoms with Gasteiger partial charge in [0.25, 0.3) is 5.56 Å². The van der Waals surface area contributed by atoms with Crippen LogP contribution in [-0.4, -0.2) is 19.1 Å². The van der Waals surface area contributed by atoms with E-state index in [2.05, 4.69) is 9.55 Å². The molecule has 0 saturated heterocycles. The minimum absolute atomic E-state index is 0.137. The maximum Gasteiger partial charge on any atom is 0.258 e. The maximum absolute atomic E-state index is 12.6. The molecule has 140 valence electrons. The molecule has 28 heavy (non-hydrogen) atoms. The molecule has 5 rings (SSSR count). The van der Waals surface area contributed by atoms with E-state index in [0.717, 1.165) is 28.2 Å². The van der Waals surface area contributed by atoms with E-state index in [4.69, 9.17) is 9.72 Å². The molecule has 0 amide bonds. The molecule has 1 fully saturated rings. The number of aryl methyl sites for hydroxylation is 1. The molecule has 1 saturated carbocycles. The molecule has 0 spiro atoms. The van der Waals surface area contributed by atoms with Gasteiger partial charge in [-0.1, -0.05) is 6.07 Å². The summed E-state index contributed by atoms with van der Waals surface area (Å²) in [6.45, 7) is 0.329. The first-order valence-corrected chi connectivity index (χ1v) is 9.41. The summed E-state index contributed by atoms with van der Waals surface area (Å²) in [7, 11) is 2.05.